The lowest BCUT2D eigenvalue weighted by Gasteiger charge is -2.48. The fraction of sp³-hybridized carbons (Fsp3) is 0.680. The predicted octanol–water partition coefficient (Wildman–Crippen LogP) is 3.66. The van der Waals surface area contributed by atoms with Crippen LogP contribution in [0.4, 0.5) is 5.69 Å². The van der Waals surface area contributed by atoms with E-state index >= 15 is 0 Å². The zero-order valence-corrected chi connectivity index (χ0v) is 20.7. The fourth-order valence-corrected chi connectivity index (χ4v) is 5.49. The minimum absolute atomic E-state index is 0.0700. The molecule has 2 fully saturated rings. The molecule has 1 saturated carbocycles. The van der Waals surface area contributed by atoms with Gasteiger partial charge in [0, 0.05) is 11.8 Å². The number of aliphatic hydroxyl groups excluding tert-OH is 2. The van der Waals surface area contributed by atoms with Gasteiger partial charge in [-0.05, 0) is 52.5 Å². The van der Waals surface area contributed by atoms with Crippen LogP contribution in [0.2, 0.25) is 0 Å². The molecule has 2 aliphatic rings. The number of aromatic carboxylic acids is 1. The van der Waals surface area contributed by atoms with Crippen molar-refractivity contribution in [3.8, 4) is 11.8 Å². The lowest BCUT2D eigenvalue weighted by atomic mass is 9.81. The first-order valence-corrected chi connectivity index (χ1v) is 12.4. The third-order valence-electron chi connectivity index (χ3n) is 6.33. The summed E-state index contributed by atoms with van der Waals surface area (Å²) in [6.45, 7) is 7.32. The van der Waals surface area contributed by atoms with Crippen LogP contribution >= 0.6 is 11.3 Å². The number of carbonyl (C=O) groups excluding carboxylic acids is 1. The van der Waals surface area contributed by atoms with Gasteiger partial charge in [0.05, 0.1) is 35.9 Å². The molecule has 3 N–H and O–H groups in total. The van der Waals surface area contributed by atoms with Gasteiger partial charge in [-0.2, -0.15) is 0 Å². The van der Waals surface area contributed by atoms with Gasteiger partial charge in [0.25, 0.3) is 5.91 Å². The molecule has 7 nitrogen and oxygen atoms in total. The molecule has 33 heavy (non-hydrogen) atoms. The number of anilines is 1. The van der Waals surface area contributed by atoms with Gasteiger partial charge in [0.15, 0.2) is 0 Å². The number of hydrogen-bond donors (Lipinski definition) is 3. The molecule has 1 unspecified atom stereocenters. The van der Waals surface area contributed by atoms with E-state index < -0.39 is 24.3 Å². The monoisotopic (exact) mass is 477 g/mol. The number of amides is 1. The standard InChI is InChI=1S/C25H35NO6S/c1-24(2,3)11-10-18-12-19(21(33-18)22(29)30)26-20(16-8-6-5-7-9-16)15-32-25(4,23(26)31)13-17(28)14-27/h12,16-17,20,27-28H,5-9,13-15H2,1-4H3,(H,29,30)/t17?,20-,25-/m0/s1. The summed E-state index contributed by atoms with van der Waals surface area (Å²) in [5.41, 5.74) is -1.26. The number of thiophene rings is 1. The Morgan fingerprint density at radius 3 is 2.58 bits per heavy atom. The highest BCUT2D eigenvalue weighted by atomic mass is 32.1. The number of aliphatic hydroxyl groups is 2. The Morgan fingerprint density at radius 1 is 1.33 bits per heavy atom. The van der Waals surface area contributed by atoms with Crippen molar-refractivity contribution < 1.29 is 29.6 Å². The molecule has 1 aliphatic heterocycles. The smallest absolute Gasteiger partial charge is 0.348 e. The van der Waals surface area contributed by atoms with Gasteiger partial charge >= 0.3 is 5.97 Å². The van der Waals surface area contributed by atoms with E-state index in [-0.39, 0.29) is 41.2 Å². The highest BCUT2D eigenvalue weighted by molar-refractivity contribution is 7.15. The zero-order chi connectivity index (χ0) is 24.4. The maximum atomic E-state index is 13.8. The van der Waals surface area contributed by atoms with Crippen LogP contribution in [0.1, 0.15) is 80.8 Å². The van der Waals surface area contributed by atoms with E-state index in [1.54, 1.807) is 17.9 Å². The third kappa shape index (κ3) is 5.96. The zero-order valence-electron chi connectivity index (χ0n) is 19.9. The molecule has 2 heterocycles. The molecule has 1 aromatic rings. The molecule has 182 valence electrons. The summed E-state index contributed by atoms with van der Waals surface area (Å²) in [5, 5.41) is 29.3. The first-order chi connectivity index (χ1) is 15.4. The summed E-state index contributed by atoms with van der Waals surface area (Å²) in [4.78, 5) is 28.3. The number of carboxylic acid groups (broad SMARTS) is 1. The van der Waals surface area contributed by atoms with Gasteiger partial charge in [-0.15, -0.1) is 11.3 Å². The normalized spacial score (nSPS) is 25.5. The van der Waals surface area contributed by atoms with Gasteiger partial charge in [0.2, 0.25) is 0 Å². The molecular weight excluding hydrogens is 442 g/mol. The molecule has 1 saturated heterocycles. The van der Waals surface area contributed by atoms with Crippen LogP contribution in [0.25, 0.3) is 0 Å². The Bertz CT molecular complexity index is 933. The number of rotatable bonds is 6. The minimum atomic E-state index is -1.36. The van der Waals surface area contributed by atoms with Crippen LogP contribution in [0, 0.1) is 23.2 Å². The van der Waals surface area contributed by atoms with Crippen molar-refractivity contribution in [3.05, 3.63) is 15.8 Å². The minimum Gasteiger partial charge on any atom is -0.477 e. The van der Waals surface area contributed by atoms with E-state index in [9.17, 15) is 24.9 Å². The van der Waals surface area contributed by atoms with Crippen molar-refractivity contribution in [2.24, 2.45) is 11.3 Å². The van der Waals surface area contributed by atoms with Crippen LogP contribution in [0.5, 0.6) is 0 Å². The maximum absolute atomic E-state index is 13.8. The molecule has 0 spiro atoms. The lowest BCUT2D eigenvalue weighted by molar-refractivity contribution is -0.158. The Morgan fingerprint density at radius 2 is 2.00 bits per heavy atom. The van der Waals surface area contributed by atoms with Gasteiger partial charge in [-0.1, -0.05) is 31.1 Å². The highest BCUT2D eigenvalue weighted by Gasteiger charge is 2.49. The maximum Gasteiger partial charge on any atom is 0.348 e. The third-order valence-corrected chi connectivity index (χ3v) is 7.36. The number of ether oxygens (including phenoxy) is 1. The number of hydrogen-bond acceptors (Lipinski definition) is 6. The second-order valence-corrected chi connectivity index (χ2v) is 11.4. The molecule has 1 aromatic heterocycles. The predicted molar refractivity (Wildman–Crippen MR) is 128 cm³/mol. The molecule has 1 amide bonds. The molecule has 0 radical (unpaired) electrons. The van der Waals surface area contributed by atoms with E-state index in [4.69, 9.17) is 4.74 Å². The van der Waals surface area contributed by atoms with Crippen LogP contribution in [-0.2, 0) is 9.53 Å². The van der Waals surface area contributed by atoms with E-state index in [0.717, 1.165) is 43.4 Å². The van der Waals surface area contributed by atoms with Crippen LogP contribution in [0.3, 0.4) is 0 Å². The quantitative estimate of drug-likeness (QED) is 0.540. The van der Waals surface area contributed by atoms with Crippen LogP contribution < -0.4 is 4.90 Å². The van der Waals surface area contributed by atoms with E-state index in [0.29, 0.717) is 10.6 Å². The molecule has 1 aliphatic carbocycles. The van der Waals surface area contributed by atoms with E-state index in [1.165, 1.54) is 0 Å². The number of morpholine rings is 1. The Kier molecular flexibility index (Phi) is 7.90. The van der Waals surface area contributed by atoms with Gasteiger partial charge < -0.3 is 25.0 Å². The highest BCUT2D eigenvalue weighted by Crippen LogP contribution is 2.41. The van der Waals surface area contributed by atoms with E-state index in [2.05, 4.69) is 11.8 Å². The number of carboxylic acids is 1. The number of nitrogens with zero attached hydrogens (tertiary/aromatic N) is 1. The molecule has 0 bridgehead atoms. The average molecular weight is 478 g/mol. The summed E-state index contributed by atoms with van der Waals surface area (Å²) in [6.07, 6.45) is 4.03. The van der Waals surface area contributed by atoms with Gasteiger partial charge in [-0.25, -0.2) is 4.79 Å². The summed E-state index contributed by atoms with van der Waals surface area (Å²) in [5.74, 6) is 4.94. The van der Waals surface area contributed by atoms with Crippen LogP contribution in [0.15, 0.2) is 6.07 Å². The fourth-order valence-electron chi connectivity index (χ4n) is 4.65. The Labute approximate surface area is 199 Å². The molecule has 0 aromatic carbocycles. The van der Waals surface area contributed by atoms with Crippen molar-refractivity contribution in [1.82, 2.24) is 0 Å². The van der Waals surface area contributed by atoms with Gasteiger partial charge in [0.1, 0.15) is 10.5 Å². The summed E-state index contributed by atoms with van der Waals surface area (Å²) in [6, 6.07) is 1.42. The van der Waals surface area contributed by atoms with Crippen molar-refractivity contribution in [3.63, 3.8) is 0 Å². The first kappa shape index (κ1) is 25.7. The lowest BCUT2D eigenvalue weighted by Crippen LogP contribution is -2.63. The first-order valence-electron chi connectivity index (χ1n) is 11.6. The molecule has 8 heteroatoms. The van der Waals surface area contributed by atoms with Crippen molar-refractivity contribution in [1.29, 1.82) is 0 Å². The number of carbonyl (C=O) groups is 2. The SMILES string of the molecule is CC(C)(C)C#Cc1cc(N2C(=O)[C@](C)(CC(O)CO)OC[C@H]2C2CCCCC2)c(C(=O)O)s1. The summed E-state index contributed by atoms with van der Waals surface area (Å²) >= 11 is 1.07. The topological polar surface area (TPSA) is 107 Å². The summed E-state index contributed by atoms with van der Waals surface area (Å²) < 4.78 is 6.03. The largest absolute Gasteiger partial charge is 0.477 e. The van der Waals surface area contributed by atoms with Crippen molar-refractivity contribution in [2.45, 2.75) is 84.0 Å². The molecular formula is C25H35NO6S. The van der Waals surface area contributed by atoms with Crippen LogP contribution in [-0.4, -0.2) is 58.2 Å². The molecule has 3 rings (SSSR count). The van der Waals surface area contributed by atoms with Crippen molar-refractivity contribution >= 4 is 28.9 Å². The molecule has 3 atom stereocenters. The van der Waals surface area contributed by atoms with Crippen molar-refractivity contribution in [2.75, 3.05) is 18.1 Å². The summed E-state index contributed by atoms with van der Waals surface area (Å²) in [7, 11) is 0. The Hall–Kier alpha value is -1.92. The van der Waals surface area contributed by atoms with E-state index in [1.807, 2.05) is 20.8 Å². The second-order valence-electron chi connectivity index (χ2n) is 10.4. The van der Waals surface area contributed by atoms with Gasteiger partial charge in [-0.3, -0.25) is 4.79 Å². The Balaban J connectivity index is 2.08. The second kappa shape index (κ2) is 10.1. The average Bonchev–Trinajstić information content (AvgIpc) is 3.18.